The zero-order chi connectivity index (χ0) is 10.3. The molecule has 0 aliphatic carbocycles. The Balaban J connectivity index is 0.000000424. The number of rotatable bonds is 1. The average Bonchev–Trinajstić information content (AvgIpc) is 2.06. The molecule has 0 unspecified atom stereocenters. The van der Waals surface area contributed by atoms with Crippen molar-refractivity contribution in [3.05, 3.63) is 40.2 Å². The molecule has 0 bridgehead atoms. The third-order valence-electron chi connectivity index (χ3n) is 1.04. The number of nitrogens with zero attached hydrogens (tertiary/aromatic N) is 1. The van der Waals surface area contributed by atoms with Gasteiger partial charge in [-0.15, -0.1) is 0 Å². The Morgan fingerprint density at radius 2 is 1.77 bits per heavy atom. The molecule has 1 N–H and O–H groups in total. The smallest absolute Gasteiger partial charge is 0.290 e. The fraction of sp³-hybridized carbons (Fsp3) is 0. The molecule has 0 atom stereocenters. The van der Waals surface area contributed by atoms with Gasteiger partial charge in [-0.2, -0.15) is 0 Å². The van der Waals surface area contributed by atoms with E-state index in [1.807, 2.05) is 0 Å². The van der Waals surface area contributed by atoms with Crippen LogP contribution in [-0.2, 0) is 4.79 Å². The first-order valence-electron chi connectivity index (χ1n) is 3.09. The molecule has 13 heavy (non-hydrogen) atoms. The van der Waals surface area contributed by atoms with Gasteiger partial charge in [0.15, 0.2) is 0 Å². The van der Waals surface area contributed by atoms with E-state index in [4.69, 9.17) is 9.90 Å². The molecule has 6 heteroatoms. The zero-order valence-electron chi connectivity index (χ0n) is 6.38. The molecule has 0 fully saturated rings. The van der Waals surface area contributed by atoms with Crippen molar-refractivity contribution in [3.8, 4) is 0 Å². The number of nitro groups is 1. The summed E-state index contributed by atoms with van der Waals surface area (Å²) in [5, 5.41) is 16.9. The van der Waals surface area contributed by atoms with Crippen molar-refractivity contribution >= 4 is 12.2 Å². The van der Waals surface area contributed by atoms with Gasteiger partial charge in [0, 0.05) is 12.1 Å². The molecule has 0 aromatic heterocycles. The van der Waals surface area contributed by atoms with Gasteiger partial charge in [0.1, 0.15) is 5.82 Å². The summed E-state index contributed by atoms with van der Waals surface area (Å²) in [6.45, 7) is -0.250. The van der Waals surface area contributed by atoms with Crippen LogP contribution in [0.3, 0.4) is 0 Å². The van der Waals surface area contributed by atoms with E-state index in [9.17, 15) is 14.5 Å². The minimum Gasteiger partial charge on any atom is -0.483 e. The Morgan fingerprint density at radius 1 is 1.38 bits per heavy atom. The van der Waals surface area contributed by atoms with Crippen LogP contribution in [0.1, 0.15) is 0 Å². The molecule has 0 saturated heterocycles. The fourth-order valence-electron chi connectivity index (χ4n) is 0.563. The summed E-state index contributed by atoms with van der Waals surface area (Å²) in [5.74, 6) is -0.467. The predicted molar refractivity (Wildman–Crippen MR) is 41.7 cm³/mol. The van der Waals surface area contributed by atoms with Crippen LogP contribution in [0.2, 0.25) is 0 Å². The highest BCUT2D eigenvalue weighted by atomic mass is 19.1. The number of carboxylic acid groups (broad SMARTS) is 1. The van der Waals surface area contributed by atoms with E-state index in [0.29, 0.717) is 0 Å². The first kappa shape index (κ1) is 11.0. The molecule has 70 valence electrons. The van der Waals surface area contributed by atoms with E-state index >= 15 is 0 Å². The number of carbonyl (C=O) groups is 1. The van der Waals surface area contributed by atoms with Crippen LogP contribution in [0.15, 0.2) is 24.3 Å². The second-order valence-corrected chi connectivity index (χ2v) is 1.84. The molecule has 1 aromatic rings. The quantitative estimate of drug-likeness (QED) is 0.409. The lowest BCUT2D eigenvalue weighted by Gasteiger charge is -1.87. The summed E-state index contributed by atoms with van der Waals surface area (Å²) in [6, 6.07) is 4.35. The minimum absolute atomic E-state index is 0.0959. The van der Waals surface area contributed by atoms with Crippen molar-refractivity contribution < 1.29 is 19.2 Å². The van der Waals surface area contributed by atoms with Gasteiger partial charge < -0.3 is 5.11 Å². The van der Waals surface area contributed by atoms with Crippen LogP contribution in [-0.4, -0.2) is 16.5 Å². The van der Waals surface area contributed by atoms with Gasteiger partial charge in [-0.1, -0.05) is 0 Å². The third kappa shape index (κ3) is 4.46. The first-order chi connectivity index (χ1) is 6.11. The molecule has 0 spiro atoms. The number of non-ortho nitro benzene ring substituents is 1. The van der Waals surface area contributed by atoms with Crippen molar-refractivity contribution in [2.75, 3.05) is 0 Å². The van der Waals surface area contributed by atoms with Crippen molar-refractivity contribution in [2.45, 2.75) is 0 Å². The minimum atomic E-state index is -0.570. The summed E-state index contributed by atoms with van der Waals surface area (Å²) >= 11 is 0. The van der Waals surface area contributed by atoms with Crippen LogP contribution in [0.4, 0.5) is 10.1 Å². The molecular formula is C7H6FNO4. The number of halogens is 1. The predicted octanol–water partition coefficient (Wildman–Crippen LogP) is 1.43. The van der Waals surface area contributed by atoms with Crippen molar-refractivity contribution in [1.29, 1.82) is 0 Å². The van der Waals surface area contributed by atoms with Gasteiger partial charge in [0.05, 0.1) is 4.92 Å². The van der Waals surface area contributed by atoms with Gasteiger partial charge in [0.2, 0.25) is 0 Å². The SMILES string of the molecule is O=CO.O=[N+]([O-])c1ccc(F)cc1. The van der Waals surface area contributed by atoms with Gasteiger partial charge in [-0.3, -0.25) is 14.9 Å². The van der Waals surface area contributed by atoms with Crippen LogP contribution in [0.25, 0.3) is 0 Å². The van der Waals surface area contributed by atoms with E-state index in [0.717, 1.165) is 24.3 Å². The zero-order valence-corrected chi connectivity index (χ0v) is 6.38. The second-order valence-electron chi connectivity index (χ2n) is 1.84. The summed E-state index contributed by atoms with van der Waals surface area (Å²) < 4.78 is 12.1. The molecule has 0 radical (unpaired) electrons. The molecule has 1 rings (SSSR count). The normalized spacial score (nSPS) is 8.08. The van der Waals surface area contributed by atoms with Crippen molar-refractivity contribution in [1.82, 2.24) is 0 Å². The van der Waals surface area contributed by atoms with Gasteiger partial charge in [-0.05, 0) is 12.1 Å². The van der Waals surface area contributed by atoms with Crippen LogP contribution in [0.5, 0.6) is 0 Å². The lowest BCUT2D eigenvalue weighted by molar-refractivity contribution is -0.384. The molecule has 5 nitrogen and oxygen atoms in total. The van der Waals surface area contributed by atoms with Gasteiger partial charge in [0.25, 0.3) is 12.2 Å². The van der Waals surface area contributed by atoms with Crippen LogP contribution < -0.4 is 0 Å². The lowest BCUT2D eigenvalue weighted by atomic mass is 10.3. The third-order valence-corrected chi connectivity index (χ3v) is 1.04. The first-order valence-corrected chi connectivity index (χ1v) is 3.09. The molecule has 0 aliphatic rings. The van der Waals surface area contributed by atoms with E-state index < -0.39 is 10.7 Å². The van der Waals surface area contributed by atoms with Crippen molar-refractivity contribution in [3.63, 3.8) is 0 Å². The van der Waals surface area contributed by atoms with E-state index in [1.54, 1.807) is 0 Å². The summed E-state index contributed by atoms with van der Waals surface area (Å²) in [4.78, 5) is 17.8. The molecular weight excluding hydrogens is 181 g/mol. The van der Waals surface area contributed by atoms with E-state index in [-0.39, 0.29) is 12.2 Å². The Hall–Kier alpha value is -1.98. The Bertz CT molecular complexity index is 285. The number of hydrogen-bond acceptors (Lipinski definition) is 3. The van der Waals surface area contributed by atoms with Crippen LogP contribution >= 0.6 is 0 Å². The topological polar surface area (TPSA) is 80.4 Å². The maximum Gasteiger partial charge on any atom is 0.290 e. The largest absolute Gasteiger partial charge is 0.483 e. The maximum atomic E-state index is 12.1. The monoisotopic (exact) mass is 187 g/mol. The molecule has 0 saturated carbocycles. The number of benzene rings is 1. The van der Waals surface area contributed by atoms with Gasteiger partial charge in [-0.25, -0.2) is 4.39 Å². The molecule has 1 aromatic carbocycles. The number of hydrogen-bond donors (Lipinski definition) is 1. The standard InChI is InChI=1S/C6H4FNO2.CH2O2/c7-5-1-3-6(4-2-5)8(9)10;2-1-3/h1-4H;1H,(H,2,3). The Kier molecular flexibility index (Phi) is 4.78. The van der Waals surface area contributed by atoms with Gasteiger partial charge >= 0.3 is 0 Å². The van der Waals surface area contributed by atoms with E-state index in [1.165, 1.54) is 0 Å². The Labute approximate surface area is 72.6 Å². The highest BCUT2D eigenvalue weighted by Gasteiger charge is 2.01. The highest BCUT2D eigenvalue weighted by Crippen LogP contribution is 2.09. The van der Waals surface area contributed by atoms with E-state index in [2.05, 4.69) is 0 Å². The lowest BCUT2D eigenvalue weighted by Crippen LogP contribution is -1.86. The molecule has 0 amide bonds. The fourth-order valence-corrected chi connectivity index (χ4v) is 0.563. The number of nitro benzene ring substituents is 1. The van der Waals surface area contributed by atoms with Crippen molar-refractivity contribution in [2.24, 2.45) is 0 Å². The maximum absolute atomic E-state index is 12.1. The highest BCUT2D eigenvalue weighted by molar-refractivity contribution is 5.32. The Morgan fingerprint density at radius 3 is 2.08 bits per heavy atom. The summed E-state index contributed by atoms with van der Waals surface area (Å²) in [5.41, 5.74) is -0.0959. The summed E-state index contributed by atoms with van der Waals surface area (Å²) in [6.07, 6.45) is 0. The molecule has 0 heterocycles. The van der Waals surface area contributed by atoms with Crippen LogP contribution in [0, 0.1) is 15.9 Å². The average molecular weight is 187 g/mol. The summed E-state index contributed by atoms with van der Waals surface area (Å²) in [7, 11) is 0. The molecule has 0 aliphatic heterocycles. The second kappa shape index (κ2) is 5.64.